The number of carbonyl (C=O) groups is 2. The molecule has 0 radical (unpaired) electrons. The van der Waals surface area contributed by atoms with Crippen LogP contribution in [0.3, 0.4) is 0 Å². The molecule has 0 aromatic rings. The van der Waals surface area contributed by atoms with Crippen molar-refractivity contribution in [3.05, 3.63) is 0 Å². The zero-order valence-electron chi connectivity index (χ0n) is 14.1. The fourth-order valence-electron chi connectivity index (χ4n) is 5.53. The van der Waals surface area contributed by atoms with Crippen molar-refractivity contribution < 1.29 is 14.3 Å². The number of amides is 1. The SMILES string of the molecule is COC(=O)[C@@H](CC(C)C)NC(=O)C12CC3CC(CC(C3)C1)C2. The fraction of sp³-hybridized carbons (Fsp3) is 0.889. The summed E-state index contributed by atoms with van der Waals surface area (Å²) >= 11 is 0. The number of nitrogens with one attached hydrogen (secondary N) is 1. The zero-order chi connectivity index (χ0) is 15.9. The Morgan fingerprint density at radius 3 is 2.00 bits per heavy atom. The van der Waals surface area contributed by atoms with E-state index in [1.165, 1.54) is 26.4 Å². The van der Waals surface area contributed by atoms with Crippen molar-refractivity contribution in [3.8, 4) is 0 Å². The molecule has 0 aliphatic heterocycles. The summed E-state index contributed by atoms with van der Waals surface area (Å²) in [6, 6.07) is -0.495. The normalized spacial score (nSPS) is 37.2. The van der Waals surface area contributed by atoms with E-state index >= 15 is 0 Å². The standard InChI is InChI=1S/C18H29NO3/c1-11(2)4-15(16(20)22-3)19-17(21)18-8-12-5-13(9-18)7-14(6-12)10-18/h11-15H,4-10H2,1-3H3,(H,19,21)/t12?,13?,14?,15-,18?/m1/s1. The van der Waals surface area contributed by atoms with E-state index in [0.717, 1.165) is 37.0 Å². The maximum Gasteiger partial charge on any atom is 0.328 e. The average molecular weight is 307 g/mol. The third-order valence-electron chi connectivity index (χ3n) is 6.02. The van der Waals surface area contributed by atoms with Crippen molar-refractivity contribution in [2.24, 2.45) is 29.1 Å². The Morgan fingerprint density at radius 2 is 1.59 bits per heavy atom. The molecule has 4 bridgehead atoms. The van der Waals surface area contributed by atoms with Crippen LogP contribution >= 0.6 is 0 Å². The lowest BCUT2D eigenvalue weighted by molar-refractivity contribution is -0.153. The van der Waals surface area contributed by atoms with Crippen molar-refractivity contribution in [1.29, 1.82) is 0 Å². The molecule has 0 unspecified atom stereocenters. The minimum absolute atomic E-state index is 0.114. The molecule has 4 fully saturated rings. The van der Waals surface area contributed by atoms with Crippen molar-refractivity contribution >= 4 is 11.9 Å². The molecule has 4 heteroatoms. The maximum atomic E-state index is 13.0. The molecule has 0 heterocycles. The molecule has 4 aliphatic rings. The van der Waals surface area contributed by atoms with E-state index in [0.29, 0.717) is 12.3 Å². The van der Waals surface area contributed by atoms with Crippen LogP contribution < -0.4 is 5.32 Å². The molecule has 4 saturated carbocycles. The minimum Gasteiger partial charge on any atom is -0.467 e. The van der Waals surface area contributed by atoms with E-state index in [4.69, 9.17) is 4.74 Å². The van der Waals surface area contributed by atoms with Gasteiger partial charge in [0.15, 0.2) is 0 Å². The van der Waals surface area contributed by atoms with Gasteiger partial charge in [-0.2, -0.15) is 0 Å². The van der Waals surface area contributed by atoms with Crippen LogP contribution in [0.15, 0.2) is 0 Å². The highest BCUT2D eigenvalue weighted by Gasteiger charge is 2.54. The van der Waals surface area contributed by atoms with Gasteiger partial charge in [0.25, 0.3) is 0 Å². The van der Waals surface area contributed by atoms with E-state index in [-0.39, 0.29) is 17.3 Å². The monoisotopic (exact) mass is 307 g/mol. The average Bonchev–Trinajstić information content (AvgIpc) is 2.43. The molecule has 4 nitrogen and oxygen atoms in total. The molecule has 1 amide bonds. The quantitative estimate of drug-likeness (QED) is 0.795. The van der Waals surface area contributed by atoms with Crippen LogP contribution in [0.25, 0.3) is 0 Å². The Hall–Kier alpha value is -1.06. The zero-order valence-corrected chi connectivity index (χ0v) is 14.1. The van der Waals surface area contributed by atoms with Gasteiger partial charge in [-0.25, -0.2) is 4.79 Å². The summed E-state index contributed by atoms with van der Waals surface area (Å²) in [5.74, 6) is 2.35. The minimum atomic E-state index is -0.495. The summed E-state index contributed by atoms with van der Waals surface area (Å²) in [5, 5.41) is 3.04. The van der Waals surface area contributed by atoms with Crippen molar-refractivity contribution in [1.82, 2.24) is 5.32 Å². The number of hydrogen-bond acceptors (Lipinski definition) is 3. The highest BCUT2D eigenvalue weighted by Crippen LogP contribution is 2.60. The summed E-state index contributed by atoms with van der Waals surface area (Å²) in [4.78, 5) is 25.0. The third-order valence-corrected chi connectivity index (χ3v) is 6.02. The van der Waals surface area contributed by atoms with Crippen molar-refractivity contribution in [2.75, 3.05) is 7.11 Å². The molecular formula is C18H29NO3. The van der Waals surface area contributed by atoms with Crippen LogP contribution in [-0.2, 0) is 14.3 Å². The smallest absolute Gasteiger partial charge is 0.328 e. The second-order valence-corrected chi connectivity index (χ2v) is 8.38. The first-order valence-corrected chi connectivity index (χ1v) is 8.80. The summed E-state index contributed by atoms with van der Waals surface area (Å²) < 4.78 is 4.88. The molecule has 1 atom stereocenters. The topological polar surface area (TPSA) is 55.4 Å². The van der Waals surface area contributed by atoms with Crippen LogP contribution in [0.4, 0.5) is 0 Å². The van der Waals surface area contributed by atoms with Crippen LogP contribution in [0, 0.1) is 29.1 Å². The Kier molecular flexibility index (Phi) is 4.21. The Bertz CT molecular complexity index is 422. The van der Waals surface area contributed by atoms with Gasteiger partial charge < -0.3 is 10.1 Å². The van der Waals surface area contributed by atoms with Crippen molar-refractivity contribution in [2.45, 2.75) is 64.8 Å². The van der Waals surface area contributed by atoms with E-state index in [1.54, 1.807) is 0 Å². The lowest BCUT2D eigenvalue weighted by Gasteiger charge is -2.55. The van der Waals surface area contributed by atoms with Gasteiger partial charge in [-0.15, -0.1) is 0 Å². The first kappa shape index (κ1) is 15.8. The van der Waals surface area contributed by atoms with Crippen LogP contribution in [0.5, 0.6) is 0 Å². The maximum absolute atomic E-state index is 13.0. The predicted octanol–water partition coefficient (Wildman–Crippen LogP) is 2.91. The summed E-state index contributed by atoms with van der Waals surface area (Å²) in [5.41, 5.74) is -0.196. The van der Waals surface area contributed by atoms with E-state index < -0.39 is 6.04 Å². The highest BCUT2D eigenvalue weighted by atomic mass is 16.5. The number of hydrogen-bond donors (Lipinski definition) is 1. The highest BCUT2D eigenvalue weighted by molar-refractivity contribution is 5.88. The van der Waals surface area contributed by atoms with Gasteiger partial charge in [-0.3, -0.25) is 4.79 Å². The molecule has 124 valence electrons. The summed E-state index contributed by atoms with van der Waals surface area (Å²) in [7, 11) is 1.40. The molecule has 1 N–H and O–H groups in total. The molecule has 22 heavy (non-hydrogen) atoms. The summed E-state index contributed by atoms with van der Waals surface area (Å²) in [6.45, 7) is 4.12. The molecule has 0 spiro atoms. The van der Waals surface area contributed by atoms with Crippen LogP contribution in [0.1, 0.15) is 58.8 Å². The van der Waals surface area contributed by atoms with E-state index in [1.807, 2.05) is 0 Å². The molecule has 0 aromatic heterocycles. The van der Waals surface area contributed by atoms with Crippen molar-refractivity contribution in [3.63, 3.8) is 0 Å². The number of carbonyl (C=O) groups excluding carboxylic acids is 2. The largest absolute Gasteiger partial charge is 0.467 e. The molecule has 0 aromatic carbocycles. The van der Waals surface area contributed by atoms with Crippen LogP contribution in [0.2, 0.25) is 0 Å². The van der Waals surface area contributed by atoms with Gasteiger partial charge in [0.1, 0.15) is 6.04 Å². The van der Waals surface area contributed by atoms with Gasteiger partial charge >= 0.3 is 5.97 Å². The molecule has 4 aliphatic carbocycles. The number of esters is 1. The van der Waals surface area contributed by atoms with Gasteiger partial charge in [-0.05, 0) is 68.6 Å². The molecule has 4 rings (SSSR count). The number of rotatable bonds is 5. The Balaban J connectivity index is 1.71. The molecular weight excluding hydrogens is 278 g/mol. The van der Waals surface area contributed by atoms with Crippen LogP contribution in [-0.4, -0.2) is 25.0 Å². The van der Waals surface area contributed by atoms with Gasteiger partial charge in [0.05, 0.1) is 7.11 Å². The predicted molar refractivity (Wildman–Crippen MR) is 84.0 cm³/mol. The lowest BCUT2D eigenvalue weighted by Crippen LogP contribution is -2.56. The van der Waals surface area contributed by atoms with Gasteiger partial charge in [-0.1, -0.05) is 13.8 Å². The van der Waals surface area contributed by atoms with Gasteiger partial charge in [0.2, 0.25) is 5.91 Å². The van der Waals surface area contributed by atoms with E-state index in [9.17, 15) is 9.59 Å². The van der Waals surface area contributed by atoms with Gasteiger partial charge in [0, 0.05) is 5.41 Å². The lowest BCUT2D eigenvalue weighted by atomic mass is 9.49. The summed E-state index contributed by atoms with van der Waals surface area (Å²) in [6.07, 6.45) is 7.68. The number of methoxy groups -OCH3 is 1. The molecule has 0 saturated heterocycles. The second kappa shape index (κ2) is 5.86. The number of ether oxygens (including phenoxy) is 1. The second-order valence-electron chi connectivity index (χ2n) is 8.38. The Morgan fingerprint density at radius 1 is 1.09 bits per heavy atom. The third kappa shape index (κ3) is 2.89. The first-order chi connectivity index (χ1) is 10.4. The Labute approximate surface area is 133 Å². The fourth-order valence-corrected chi connectivity index (χ4v) is 5.53. The van der Waals surface area contributed by atoms with E-state index in [2.05, 4.69) is 19.2 Å². The first-order valence-electron chi connectivity index (χ1n) is 8.80.